The Morgan fingerprint density at radius 2 is 2.33 bits per heavy atom. The van der Waals surface area contributed by atoms with E-state index in [0.29, 0.717) is 12.5 Å². The van der Waals surface area contributed by atoms with Crippen LogP contribution in [-0.4, -0.2) is 35.4 Å². The molecule has 1 aliphatic heterocycles. The summed E-state index contributed by atoms with van der Waals surface area (Å²) in [6.07, 6.45) is 1.77. The summed E-state index contributed by atoms with van der Waals surface area (Å²) in [5, 5.41) is 3.28. The summed E-state index contributed by atoms with van der Waals surface area (Å²) in [5.41, 5.74) is 0.950. The number of amides is 1. The summed E-state index contributed by atoms with van der Waals surface area (Å²) in [5.74, 6) is 0.796. The molecule has 98 valence electrons. The van der Waals surface area contributed by atoms with E-state index < -0.39 is 0 Å². The Labute approximate surface area is 108 Å². The van der Waals surface area contributed by atoms with Crippen molar-refractivity contribution in [1.82, 2.24) is 15.2 Å². The van der Waals surface area contributed by atoms with Gasteiger partial charge in [-0.25, -0.2) is 0 Å². The first-order valence-electron chi connectivity index (χ1n) is 6.61. The van der Waals surface area contributed by atoms with Crippen molar-refractivity contribution < 1.29 is 4.79 Å². The van der Waals surface area contributed by atoms with Gasteiger partial charge < -0.3 is 10.2 Å². The highest BCUT2D eigenvalue weighted by molar-refractivity contribution is 5.79. The maximum atomic E-state index is 12.4. The summed E-state index contributed by atoms with van der Waals surface area (Å²) < 4.78 is 0. The molecule has 0 aliphatic carbocycles. The van der Waals surface area contributed by atoms with Crippen molar-refractivity contribution in [2.24, 2.45) is 11.8 Å². The van der Waals surface area contributed by atoms with E-state index in [2.05, 4.69) is 17.2 Å². The molecule has 0 saturated carbocycles. The highest BCUT2D eigenvalue weighted by Crippen LogP contribution is 2.19. The number of nitrogens with one attached hydrogen (secondary N) is 1. The van der Waals surface area contributed by atoms with Crippen molar-refractivity contribution in [3.8, 4) is 0 Å². The zero-order chi connectivity index (χ0) is 13.0. The third kappa shape index (κ3) is 2.88. The molecule has 1 fully saturated rings. The Balaban J connectivity index is 2.02. The summed E-state index contributed by atoms with van der Waals surface area (Å²) in [6.45, 7) is 7.25. The van der Waals surface area contributed by atoms with Gasteiger partial charge in [0.1, 0.15) is 0 Å². The van der Waals surface area contributed by atoms with Crippen LogP contribution in [0.4, 0.5) is 0 Å². The fourth-order valence-electron chi connectivity index (χ4n) is 2.41. The van der Waals surface area contributed by atoms with Crippen LogP contribution < -0.4 is 5.32 Å². The fraction of sp³-hybridized carbons (Fsp3) is 0.571. The molecule has 0 bridgehead atoms. The van der Waals surface area contributed by atoms with E-state index in [9.17, 15) is 4.79 Å². The summed E-state index contributed by atoms with van der Waals surface area (Å²) >= 11 is 0. The molecule has 1 aliphatic rings. The number of rotatable bonds is 4. The van der Waals surface area contributed by atoms with Gasteiger partial charge in [0, 0.05) is 19.3 Å². The van der Waals surface area contributed by atoms with Gasteiger partial charge in [-0.15, -0.1) is 0 Å². The summed E-state index contributed by atoms with van der Waals surface area (Å²) in [7, 11) is 0. The molecule has 0 aromatic carbocycles. The Bertz CT molecular complexity index is 393. The van der Waals surface area contributed by atoms with Gasteiger partial charge in [-0.2, -0.15) is 0 Å². The largest absolute Gasteiger partial charge is 0.337 e. The highest BCUT2D eigenvalue weighted by atomic mass is 16.2. The SMILES string of the molecule is CCN(Cc1ccccn1)C(=O)C1CNCC1C. The van der Waals surface area contributed by atoms with E-state index in [4.69, 9.17) is 0 Å². The third-order valence-electron chi connectivity index (χ3n) is 3.61. The van der Waals surface area contributed by atoms with Gasteiger partial charge in [-0.3, -0.25) is 9.78 Å². The second kappa shape index (κ2) is 5.96. The van der Waals surface area contributed by atoms with Crippen LogP contribution >= 0.6 is 0 Å². The zero-order valence-electron chi connectivity index (χ0n) is 11.1. The molecule has 4 heteroatoms. The van der Waals surface area contributed by atoms with Crippen molar-refractivity contribution in [3.05, 3.63) is 30.1 Å². The Kier molecular flexibility index (Phi) is 4.31. The number of pyridine rings is 1. The third-order valence-corrected chi connectivity index (χ3v) is 3.61. The first kappa shape index (κ1) is 13.0. The number of aromatic nitrogens is 1. The van der Waals surface area contributed by atoms with E-state index in [1.165, 1.54) is 0 Å². The van der Waals surface area contributed by atoms with Crippen molar-refractivity contribution in [2.45, 2.75) is 20.4 Å². The van der Waals surface area contributed by atoms with E-state index >= 15 is 0 Å². The molecule has 1 amide bonds. The first-order chi connectivity index (χ1) is 8.72. The molecule has 1 N–H and O–H groups in total. The van der Waals surface area contributed by atoms with Gasteiger partial charge in [0.2, 0.25) is 5.91 Å². The Hall–Kier alpha value is -1.42. The van der Waals surface area contributed by atoms with Crippen LogP contribution in [0.5, 0.6) is 0 Å². The number of carbonyl (C=O) groups is 1. The maximum Gasteiger partial charge on any atom is 0.227 e. The van der Waals surface area contributed by atoms with Crippen LogP contribution in [0.15, 0.2) is 24.4 Å². The lowest BCUT2D eigenvalue weighted by Gasteiger charge is -2.25. The molecule has 0 spiro atoms. The van der Waals surface area contributed by atoms with E-state index in [0.717, 1.165) is 25.3 Å². The minimum Gasteiger partial charge on any atom is -0.337 e. The minimum absolute atomic E-state index is 0.119. The standard InChI is InChI=1S/C14H21N3O/c1-3-17(10-12-6-4-5-7-16-12)14(18)13-9-15-8-11(13)2/h4-7,11,13,15H,3,8-10H2,1-2H3. The molecule has 18 heavy (non-hydrogen) atoms. The van der Waals surface area contributed by atoms with Crippen LogP contribution in [0, 0.1) is 11.8 Å². The van der Waals surface area contributed by atoms with Gasteiger partial charge in [0.25, 0.3) is 0 Å². The van der Waals surface area contributed by atoms with E-state index in [1.54, 1.807) is 6.20 Å². The molecule has 2 atom stereocenters. The second-order valence-electron chi connectivity index (χ2n) is 4.92. The minimum atomic E-state index is 0.119. The lowest BCUT2D eigenvalue weighted by molar-refractivity contribution is -0.136. The van der Waals surface area contributed by atoms with Gasteiger partial charge >= 0.3 is 0 Å². The van der Waals surface area contributed by atoms with Crippen LogP contribution in [-0.2, 0) is 11.3 Å². The first-order valence-corrected chi connectivity index (χ1v) is 6.61. The normalized spacial score (nSPS) is 23.0. The molecular weight excluding hydrogens is 226 g/mol. The summed E-state index contributed by atoms with van der Waals surface area (Å²) in [4.78, 5) is 18.6. The monoisotopic (exact) mass is 247 g/mol. The van der Waals surface area contributed by atoms with Crippen LogP contribution in [0.2, 0.25) is 0 Å². The number of hydrogen-bond donors (Lipinski definition) is 1. The molecule has 0 radical (unpaired) electrons. The maximum absolute atomic E-state index is 12.4. The highest BCUT2D eigenvalue weighted by Gasteiger charge is 2.32. The van der Waals surface area contributed by atoms with Gasteiger partial charge in [-0.05, 0) is 31.5 Å². The van der Waals surface area contributed by atoms with Crippen LogP contribution in [0.3, 0.4) is 0 Å². The average Bonchev–Trinajstić information content (AvgIpc) is 2.82. The second-order valence-corrected chi connectivity index (χ2v) is 4.92. The summed E-state index contributed by atoms with van der Waals surface area (Å²) in [6, 6.07) is 5.82. The quantitative estimate of drug-likeness (QED) is 0.872. The van der Waals surface area contributed by atoms with Gasteiger partial charge in [0.15, 0.2) is 0 Å². The molecule has 4 nitrogen and oxygen atoms in total. The fourth-order valence-corrected chi connectivity index (χ4v) is 2.41. The Morgan fingerprint density at radius 3 is 2.89 bits per heavy atom. The van der Waals surface area contributed by atoms with Crippen molar-refractivity contribution >= 4 is 5.91 Å². The number of carbonyl (C=O) groups excluding carboxylic acids is 1. The average molecular weight is 247 g/mol. The molecule has 1 saturated heterocycles. The molecule has 1 aromatic rings. The van der Waals surface area contributed by atoms with Crippen molar-refractivity contribution in [1.29, 1.82) is 0 Å². The van der Waals surface area contributed by atoms with Crippen molar-refractivity contribution in [2.75, 3.05) is 19.6 Å². The predicted octanol–water partition coefficient (Wildman–Crippen LogP) is 1.29. The van der Waals surface area contributed by atoms with Crippen LogP contribution in [0.25, 0.3) is 0 Å². The predicted molar refractivity (Wildman–Crippen MR) is 70.9 cm³/mol. The van der Waals surface area contributed by atoms with Crippen LogP contribution in [0.1, 0.15) is 19.5 Å². The topological polar surface area (TPSA) is 45.2 Å². The van der Waals surface area contributed by atoms with E-state index in [1.807, 2.05) is 30.0 Å². The molecule has 2 rings (SSSR count). The van der Waals surface area contributed by atoms with Gasteiger partial charge in [-0.1, -0.05) is 13.0 Å². The van der Waals surface area contributed by atoms with Gasteiger partial charge in [0.05, 0.1) is 18.2 Å². The lowest BCUT2D eigenvalue weighted by Crippen LogP contribution is -2.38. The smallest absolute Gasteiger partial charge is 0.227 e. The molecule has 2 heterocycles. The number of hydrogen-bond acceptors (Lipinski definition) is 3. The molecule has 2 unspecified atom stereocenters. The zero-order valence-corrected chi connectivity index (χ0v) is 11.1. The Morgan fingerprint density at radius 1 is 1.50 bits per heavy atom. The molecular formula is C14H21N3O. The van der Waals surface area contributed by atoms with E-state index in [-0.39, 0.29) is 11.8 Å². The molecule has 1 aromatic heterocycles. The van der Waals surface area contributed by atoms with Crippen molar-refractivity contribution in [3.63, 3.8) is 0 Å². The number of nitrogens with zero attached hydrogens (tertiary/aromatic N) is 2. The lowest BCUT2D eigenvalue weighted by atomic mass is 9.96.